The first-order valence-corrected chi connectivity index (χ1v) is 11.2. The number of fused-ring (bicyclic) bond motifs is 1. The molecule has 2 aromatic heterocycles. The Kier molecular flexibility index (Phi) is 5.67. The predicted molar refractivity (Wildman–Crippen MR) is 117 cm³/mol. The van der Waals surface area contributed by atoms with Gasteiger partial charge in [0, 0.05) is 41.0 Å². The van der Waals surface area contributed by atoms with E-state index in [1.165, 1.54) is 24.3 Å². The molecule has 0 saturated heterocycles. The number of halogens is 2. The Balaban J connectivity index is 1.91. The molecule has 0 aliphatic rings. The second-order valence-electron chi connectivity index (χ2n) is 6.94. The zero-order valence-corrected chi connectivity index (χ0v) is 18.7. The molecule has 2 aromatic carbocycles. The Morgan fingerprint density at radius 3 is 2.61 bits per heavy atom. The van der Waals surface area contributed by atoms with Crippen molar-refractivity contribution in [2.45, 2.75) is 17.2 Å². The molecule has 4 aromatic rings. The summed E-state index contributed by atoms with van der Waals surface area (Å²) in [6.45, 7) is 0.201. The molecular weight excluding hydrogens is 489 g/mol. The summed E-state index contributed by atoms with van der Waals surface area (Å²) in [5, 5.41) is 21.1. The second-order valence-corrected chi connectivity index (χ2v) is 9.25. The van der Waals surface area contributed by atoms with Crippen LogP contribution in [0.1, 0.15) is 21.6 Å². The third kappa shape index (κ3) is 3.88. The molecule has 0 fully saturated rings. The number of hydrogen-bond donors (Lipinski definition) is 2. The number of benzene rings is 2. The van der Waals surface area contributed by atoms with Crippen molar-refractivity contribution in [3.05, 3.63) is 76.2 Å². The Morgan fingerprint density at radius 1 is 1.29 bits per heavy atom. The fourth-order valence-corrected chi connectivity index (χ4v) is 5.24. The van der Waals surface area contributed by atoms with Crippen molar-refractivity contribution in [1.29, 1.82) is 0 Å². The number of imidazole rings is 1. The largest absolute Gasteiger partial charge is 0.506 e. The minimum Gasteiger partial charge on any atom is -0.506 e. The summed E-state index contributed by atoms with van der Waals surface area (Å²) >= 11 is 3.34. The highest BCUT2D eigenvalue weighted by atomic mass is 79.9. The van der Waals surface area contributed by atoms with Gasteiger partial charge in [0.2, 0.25) is 0 Å². The molecular formula is C21H17BrFN3O4S. The summed E-state index contributed by atoms with van der Waals surface area (Å²) in [5.41, 5.74) is 1.30. The first kappa shape index (κ1) is 21.3. The molecule has 1 unspecified atom stereocenters. The van der Waals surface area contributed by atoms with Crippen LogP contribution in [-0.2, 0) is 30.1 Å². The fraction of sp³-hybridized carbons (Fsp3) is 0.143. The average molecular weight is 506 g/mol. The van der Waals surface area contributed by atoms with E-state index in [0.717, 1.165) is 0 Å². The zero-order valence-electron chi connectivity index (χ0n) is 16.2. The molecule has 10 heteroatoms. The highest BCUT2D eigenvalue weighted by Gasteiger charge is 2.27. The molecule has 0 bridgehead atoms. The summed E-state index contributed by atoms with van der Waals surface area (Å²) in [5.74, 6) is -1.78. The number of carboxylic acids is 1. The maximum atomic E-state index is 13.2. The van der Waals surface area contributed by atoms with Crippen LogP contribution in [0.4, 0.5) is 4.39 Å². The lowest BCUT2D eigenvalue weighted by Crippen LogP contribution is -2.08. The number of aromatic carboxylic acids is 1. The summed E-state index contributed by atoms with van der Waals surface area (Å²) in [6, 6.07) is 6.90. The molecule has 0 amide bonds. The standard InChI is InChI=1S/C21H17BrFN3O4S/c1-25-16-8-15(22)20(27)14(9-26-7-6-24-11-26)18(16)19(21(28)29)17(25)10-31(30)13-4-2-12(23)3-5-13/h2-8,11,27H,9-10H2,1H3,(H,28,29). The van der Waals surface area contributed by atoms with E-state index in [1.54, 1.807) is 41.0 Å². The summed E-state index contributed by atoms with van der Waals surface area (Å²) in [7, 11) is 0.0954. The van der Waals surface area contributed by atoms with E-state index in [-0.39, 0.29) is 23.6 Å². The van der Waals surface area contributed by atoms with Gasteiger partial charge in [0.25, 0.3) is 0 Å². The van der Waals surface area contributed by atoms with Gasteiger partial charge >= 0.3 is 5.97 Å². The van der Waals surface area contributed by atoms with Crippen LogP contribution in [0.15, 0.2) is 58.4 Å². The Morgan fingerprint density at radius 2 is 2.00 bits per heavy atom. The van der Waals surface area contributed by atoms with Gasteiger partial charge in [-0.25, -0.2) is 14.2 Å². The number of aromatic hydroxyl groups is 1. The Hall–Kier alpha value is -2.98. The smallest absolute Gasteiger partial charge is 0.338 e. The van der Waals surface area contributed by atoms with Gasteiger partial charge in [0.15, 0.2) is 0 Å². The molecule has 7 nitrogen and oxygen atoms in total. The van der Waals surface area contributed by atoms with E-state index in [9.17, 15) is 23.6 Å². The van der Waals surface area contributed by atoms with Gasteiger partial charge in [0.1, 0.15) is 11.6 Å². The molecule has 1 atom stereocenters. The van der Waals surface area contributed by atoms with Crippen molar-refractivity contribution in [3.63, 3.8) is 0 Å². The first-order valence-electron chi connectivity index (χ1n) is 9.12. The topological polar surface area (TPSA) is 97.3 Å². The number of aromatic nitrogens is 3. The normalized spacial score (nSPS) is 12.4. The van der Waals surface area contributed by atoms with Crippen LogP contribution < -0.4 is 0 Å². The summed E-state index contributed by atoms with van der Waals surface area (Å²) in [6.07, 6.45) is 4.87. The van der Waals surface area contributed by atoms with Gasteiger partial charge in [-0.15, -0.1) is 0 Å². The SMILES string of the molecule is Cn1c(CS(=O)c2ccc(F)cc2)c(C(=O)O)c2c(Cn3ccnc3)c(O)c(Br)cc21. The van der Waals surface area contributed by atoms with E-state index < -0.39 is 22.6 Å². The van der Waals surface area contributed by atoms with Crippen molar-refractivity contribution in [1.82, 2.24) is 14.1 Å². The van der Waals surface area contributed by atoms with Crippen molar-refractivity contribution in [2.75, 3.05) is 0 Å². The molecule has 0 saturated carbocycles. The molecule has 0 aliphatic heterocycles. The number of carboxylic acid groups (broad SMARTS) is 1. The van der Waals surface area contributed by atoms with Crippen LogP contribution in [0.2, 0.25) is 0 Å². The molecule has 31 heavy (non-hydrogen) atoms. The monoisotopic (exact) mass is 505 g/mol. The van der Waals surface area contributed by atoms with Gasteiger partial charge in [-0.05, 0) is 46.3 Å². The number of carbonyl (C=O) groups is 1. The Labute approximate surface area is 187 Å². The molecule has 0 aliphatic carbocycles. The van der Waals surface area contributed by atoms with E-state index in [4.69, 9.17) is 0 Å². The predicted octanol–water partition coefficient (Wildman–Crippen LogP) is 4.04. The molecule has 0 radical (unpaired) electrons. The lowest BCUT2D eigenvalue weighted by atomic mass is 10.0. The maximum absolute atomic E-state index is 13.2. The third-order valence-corrected chi connectivity index (χ3v) is 7.03. The highest BCUT2D eigenvalue weighted by molar-refractivity contribution is 9.10. The minimum absolute atomic E-state index is 0.0223. The van der Waals surface area contributed by atoms with Gasteiger partial charge < -0.3 is 19.3 Å². The zero-order chi connectivity index (χ0) is 22.3. The van der Waals surface area contributed by atoms with Gasteiger partial charge in [-0.3, -0.25) is 4.21 Å². The number of hydrogen-bond acceptors (Lipinski definition) is 4. The molecule has 4 rings (SSSR count). The van der Waals surface area contributed by atoms with Gasteiger partial charge in [-0.2, -0.15) is 0 Å². The molecule has 2 heterocycles. The minimum atomic E-state index is -1.60. The van der Waals surface area contributed by atoms with Gasteiger partial charge in [0.05, 0.1) is 45.0 Å². The van der Waals surface area contributed by atoms with E-state index in [1.807, 2.05) is 0 Å². The van der Waals surface area contributed by atoms with Crippen LogP contribution in [-0.4, -0.2) is 34.5 Å². The van der Waals surface area contributed by atoms with Gasteiger partial charge in [-0.1, -0.05) is 0 Å². The van der Waals surface area contributed by atoms with Crippen molar-refractivity contribution in [2.24, 2.45) is 7.05 Å². The van der Waals surface area contributed by atoms with E-state index in [2.05, 4.69) is 20.9 Å². The van der Waals surface area contributed by atoms with Crippen LogP contribution in [0, 0.1) is 5.82 Å². The Bertz CT molecular complexity index is 1320. The van der Waals surface area contributed by atoms with Crippen molar-refractivity contribution >= 4 is 43.6 Å². The number of rotatable bonds is 6. The maximum Gasteiger partial charge on any atom is 0.338 e. The molecule has 160 valence electrons. The molecule has 2 N–H and O–H groups in total. The summed E-state index contributed by atoms with van der Waals surface area (Å²) in [4.78, 5) is 16.7. The second kappa shape index (κ2) is 8.27. The van der Waals surface area contributed by atoms with Crippen LogP contribution in [0.3, 0.4) is 0 Å². The van der Waals surface area contributed by atoms with Crippen molar-refractivity contribution in [3.8, 4) is 5.75 Å². The van der Waals surface area contributed by atoms with Crippen molar-refractivity contribution < 1.29 is 23.6 Å². The number of nitrogens with zero attached hydrogens (tertiary/aromatic N) is 3. The lowest BCUT2D eigenvalue weighted by Gasteiger charge is -2.11. The van der Waals surface area contributed by atoms with Crippen LogP contribution >= 0.6 is 15.9 Å². The molecule has 0 spiro atoms. The van der Waals surface area contributed by atoms with E-state index in [0.29, 0.717) is 31.5 Å². The number of aryl methyl sites for hydroxylation is 1. The summed E-state index contributed by atoms with van der Waals surface area (Å²) < 4.78 is 29.9. The first-order chi connectivity index (χ1) is 14.8. The van der Waals surface area contributed by atoms with Crippen LogP contribution in [0.5, 0.6) is 5.75 Å². The lowest BCUT2D eigenvalue weighted by molar-refractivity contribution is 0.0698. The highest BCUT2D eigenvalue weighted by Crippen LogP contribution is 2.39. The average Bonchev–Trinajstić information content (AvgIpc) is 3.33. The number of phenolic OH excluding ortho intramolecular Hbond substituents is 1. The number of phenols is 1. The van der Waals surface area contributed by atoms with E-state index >= 15 is 0 Å². The third-order valence-electron chi connectivity index (χ3n) is 5.10. The van der Waals surface area contributed by atoms with Crippen LogP contribution in [0.25, 0.3) is 10.9 Å². The quantitative estimate of drug-likeness (QED) is 0.412. The fourth-order valence-electron chi connectivity index (χ4n) is 3.59.